The molecular weight excluding hydrogens is 220 g/mol. The third kappa shape index (κ3) is 3.57. The summed E-state index contributed by atoms with van der Waals surface area (Å²) in [5, 5.41) is 12.0. The number of hydrogen-bond donors (Lipinski definition) is 2. The molecule has 0 aromatic heterocycles. The summed E-state index contributed by atoms with van der Waals surface area (Å²) in [6.07, 6.45) is 0.661. The lowest BCUT2D eigenvalue weighted by Crippen LogP contribution is -2.48. The van der Waals surface area contributed by atoms with E-state index < -0.39 is 18.3 Å². The first-order valence-corrected chi connectivity index (χ1v) is 5.26. The van der Waals surface area contributed by atoms with Gasteiger partial charge in [-0.15, -0.1) is 0 Å². The molecule has 0 saturated heterocycles. The predicted molar refractivity (Wildman–Crippen MR) is 64.3 cm³/mol. The molecule has 2 unspecified atom stereocenters. The zero-order valence-corrected chi connectivity index (χ0v) is 9.75. The van der Waals surface area contributed by atoms with Gasteiger partial charge in [0.05, 0.1) is 6.04 Å². The van der Waals surface area contributed by atoms with E-state index in [0.29, 0.717) is 5.69 Å². The maximum absolute atomic E-state index is 11.8. The molecule has 2 N–H and O–H groups in total. The molecule has 0 fully saturated rings. The second kappa shape index (κ2) is 6.00. The topological polar surface area (TPSA) is 69.6 Å². The van der Waals surface area contributed by atoms with E-state index in [0.717, 1.165) is 4.90 Å². The average molecular weight is 235 g/mol. The van der Waals surface area contributed by atoms with Crippen molar-refractivity contribution in [3.05, 3.63) is 30.3 Å². The standard InChI is InChI=1S/C12H15N2O3/c1-9(8-15)13-12(17)14(10(2)16)11-6-4-3-5-7-11/h3-7,9-10,16H,1-2H3,(H,13,17). The van der Waals surface area contributed by atoms with Crippen molar-refractivity contribution in [1.82, 2.24) is 5.32 Å². The van der Waals surface area contributed by atoms with Gasteiger partial charge in [0.15, 0.2) is 0 Å². The van der Waals surface area contributed by atoms with Gasteiger partial charge in [-0.2, -0.15) is 0 Å². The zero-order valence-electron chi connectivity index (χ0n) is 9.75. The predicted octanol–water partition coefficient (Wildman–Crippen LogP) is 1.04. The van der Waals surface area contributed by atoms with Crippen LogP contribution >= 0.6 is 0 Å². The number of carbonyl (C=O) groups is 1. The van der Waals surface area contributed by atoms with Crippen molar-refractivity contribution in [2.45, 2.75) is 26.1 Å². The number of nitrogens with zero attached hydrogens (tertiary/aromatic N) is 1. The quantitative estimate of drug-likeness (QED) is 0.766. The summed E-state index contributed by atoms with van der Waals surface area (Å²) in [6.45, 7) is 2.98. The summed E-state index contributed by atoms with van der Waals surface area (Å²) in [4.78, 5) is 23.3. The van der Waals surface area contributed by atoms with E-state index in [1.807, 2.05) is 6.07 Å². The summed E-state index contributed by atoms with van der Waals surface area (Å²) in [5.41, 5.74) is 0.554. The number of amides is 2. The molecule has 0 heterocycles. The molecule has 1 aromatic carbocycles. The van der Waals surface area contributed by atoms with E-state index in [4.69, 9.17) is 0 Å². The molecule has 2 atom stereocenters. The third-order valence-corrected chi connectivity index (χ3v) is 2.14. The number of rotatable bonds is 4. The fraction of sp³-hybridized carbons (Fsp3) is 0.333. The fourth-order valence-corrected chi connectivity index (χ4v) is 1.38. The highest BCUT2D eigenvalue weighted by atomic mass is 16.3. The normalized spacial score (nSPS) is 13.6. The Bertz CT molecular complexity index is 379. The number of aliphatic hydroxyl groups is 1. The van der Waals surface area contributed by atoms with E-state index in [9.17, 15) is 14.7 Å². The van der Waals surface area contributed by atoms with Gasteiger partial charge in [0, 0.05) is 5.69 Å². The Kier molecular flexibility index (Phi) is 4.66. The van der Waals surface area contributed by atoms with Crippen molar-refractivity contribution in [3.63, 3.8) is 0 Å². The van der Waals surface area contributed by atoms with Crippen molar-refractivity contribution >= 4 is 18.0 Å². The molecule has 2 amide bonds. The molecule has 1 radical (unpaired) electrons. The summed E-state index contributed by atoms with van der Waals surface area (Å²) in [6, 6.07) is 7.46. The Balaban J connectivity index is 2.87. The minimum absolute atomic E-state index is 0.540. The first kappa shape index (κ1) is 13.2. The molecular formula is C12H15N2O3. The van der Waals surface area contributed by atoms with Gasteiger partial charge in [0.2, 0.25) is 6.29 Å². The van der Waals surface area contributed by atoms with Crippen LogP contribution in [-0.4, -0.2) is 29.7 Å². The highest BCUT2D eigenvalue weighted by molar-refractivity contribution is 5.93. The van der Waals surface area contributed by atoms with Crippen LogP contribution in [0.1, 0.15) is 13.8 Å². The molecule has 0 aliphatic rings. The lowest BCUT2D eigenvalue weighted by molar-refractivity contribution is 0.182. The monoisotopic (exact) mass is 235 g/mol. The molecule has 1 aromatic rings. The van der Waals surface area contributed by atoms with Crippen LogP contribution in [0.2, 0.25) is 0 Å². The van der Waals surface area contributed by atoms with Gasteiger partial charge in [0.25, 0.3) is 0 Å². The van der Waals surface area contributed by atoms with Crippen LogP contribution in [0.3, 0.4) is 0 Å². The first-order valence-electron chi connectivity index (χ1n) is 5.26. The molecule has 0 aliphatic carbocycles. The zero-order chi connectivity index (χ0) is 12.8. The van der Waals surface area contributed by atoms with Crippen molar-refractivity contribution in [2.75, 3.05) is 4.90 Å². The number of nitrogens with one attached hydrogen (secondary N) is 1. The van der Waals surface area contributed by atoms with E-state index in [-0.39, 0.29) is 0 Å². The number of benzene rings is 1. The van der Waals surface area contributed by atoms with Gasteiger partial charge in [-0.25, -0.2) is 4.79 Å². The van der Waals surface area contributed by atoms with Crippen molar-refractivity contribution < 1.29 is 14.7 Å². The maximum Gasteiger partial charge on any atom is 0.324 e. The number of urea groups is 1. The Morgan fingerprint density at radius 2 is 1.94 bits per heavy atom. The van der Waals surface area contributed by atoms with Gasteiger partial charge < -0.3 is 10.4 Å². The van der Waals surface area contributed by atoms with Crippen LogP contribution in [0.25, 0.3) is 0 Å². The molecule has 0 bridgehead atoms. The van der Waals surface area contributed by atoms with Gasteiger partial charge in [-0.05, 0) is 26.0 Å². The van der Waals surface area contributed by atoms with Crippen LogP contribution in [0.5, 0.6) is 0 Å². The summed E-state index contributed by atoms with van der Waals surface area (Å²) in [7, 11) is 0. The minimum Gasteiger partial charge on any atom is -0.373 e. The second-order valence-electron chi connectivity index (χ2n) is 3.63. The van der Waals surface area contributed by atoms with Crippen LogP contribution in [-0.2, 0) is 4.79 Å². The molecule has 91 valence electrons. The molecule has 0 saturated carbocycles. The van der Waals surface area contributed by atoms with Crippen molar-refractivity contribution in [2.24, 2.45) is 0 Å². The van der Waals surface area contributed by atoms with E-state index in [1.54, 1.807) is 30.6 Å². The number of para-hydroxylation sites is 1. The smallest absolute Gasteiger partial charge is 0.324 e. The van der Waals surface area contributed by atoms with Gasteiger partial charge >= 0.3 is 6.03 Å². The SMILES string of the molecule is CC([C]=O)NC(=O)N(c1ccccc1)C(C)O. The van der Waals surface area contributed by atoms with Gasteiger partial charge in [-0.1, -0.05) is 18.2 Å². The Morgan fingerprint density at radius 1 is 1.35 bits per heavy atom. The average Bonchev–Trinajstić information content (AvgIpc) is 2.29. The van der Waals surface area contributed by atoms with Crippen LogP contribution in [0.15, 0.2) is 30.3 Å². The molecule has 0 aliphatic heterocycles. The van der Waals surface area contributed by atoms with Crippen molar-refractivity contribution in [3.8, 4) is 0 Å². The maximum atomic E-state index is 11.8. The first-order chi connectivity index (χ1) is 8.06. The highest BCUT2D eigenvalue weighted by Gasteiger charge is 2.21. The van der Waals surface area contributed by atoms with Crippen LogP contribution in [0, 0.1) is 0 Å². The minimum atomic E-state index is -0.990. The Hall–Kier alpha value is -1.88. The molecule has 17 heavy (non-hydrogen) atoms. The fourth-order valence-electron chi connectivity index (χ4n) is 1.38. The lowest BCUT2D eigenvalue weighted by Gasteiger charge is -2.26. The molecule has 0 spiro atoms. The van der Waals surface area contributed by atoms with E-state index >= 15 is 0 Å². The summed E-state index contributed by atoms with van der Waals surface area (Å²) < 4.78 is 0. The highest BCUT2D eigenvalue weighted by Crippen LogP contribution is 2.15. The summed E-state index contributed by atoms with van der Waals surface area (Å²) in [5.74, 6) is 0. The number of anilines is 1. The van der Waals surface area contributed by atoms with E-state index in [1.165, 1.54) is 13.8 Å². The Labute approximate surface area is 100 Å². The van der Waals surface area contributed by atoms with Crippen LogP contribution in [0.4, 0.5) is 10.5 Å². The Morgan fingerprint density at radius 3 is 2.41 bits per heavy atom. The molecule has 5 nitrogen and oxygen atoms in total. The molecule has 1 rings (SSSR count). The van der Waals surface area contributed by atoms with Gasteiger partial charge in [-0.3, -0.25) is 9.69 Å². The molecule has 5 heteroatoms. The van der Waals surface area contributed by atoms with Crippen LogP contribution < -0.4 is 10.2 Å². The summed E-state index contributed by atoms with van der Waals surface area (Å²) >= 11 is 0. The largest absolute Gasteiger partial charge is 0.373 e. The third-order valence-electron chi connectivity index (χ3n) is 2.14. The lowest BCUT2D eigenvalue weighted by atomic mass is 10.3. The van der Waals surface area contributed by atoms with Gasteiger partial charge in [0.1, 0.15) is 6.23 Å². The van der Waals surface area contributed by atoms with E-state index in [2.05, 4.69) is 5.32 Å². The second-order valence-corrected chi connectivity index (χ2v) is 3.63. The van der Waals surface area contributed by atoms with Crippen molar-refractivity contribution in [1.29, 1.82) is 0 Å². The number of hydrogen-bond acceptors (Lipinski definition) is 3. The number of carbonyl (C=O) groups excluding carboxylic acids is 2. The number of aliphatic hydroxyl groups excluding tert-OH is 1.